The highest BCUT2D eigenvalue weighted by molar-refractivity contribution is 5.97. The van der Waals surface area contributed by atoms with Crippen LogP contribution in [-0.4, -0.2) is 17.6 Å². The van der Waals surface area contributed by atoms with Gasteiger partial charge < -0.3 is 4.74 Å². The molecule has 2 aromatic rings. The summed E-state index contributed by atoms with van der Waals surface area (Å²) in [6, 6.07) is 18.6. The van der Waals surface area contributed by atoms with E-state index in [1.165, 1.54) is 9.91 Å². The summed E-state index contributed by atoms with van der Waals surface area (Å²) in [4.78, 5) is 13.7. The van der Waals surface area contributed by atoms with E-state index in [0.29, 0.717) is 23.9 Å². The van der Waals surface area contributed by atoms with E-state index in [4.69, 9.17) is 10.00 Å². The maximum atomic E-state index is 12.2. The molecule has 6 nitrogen and oxygen atoms in total. The highest BCUT2D eigenvalue weighted by atomic mass is 16.5. The molecule has 0 unspecified atom stereocenters. The number of carbonyl (C=O) groups is 1. The predicted octanol–water partition coefficient (Wildman–Crippen LogP) is 3.01. The second-order valence-electron chi connectivity index (χ2n) is 5.19. The number of hydrazine groups is 1. The third kappa shape index (κ3) is 3.15. The van der Waals surface area contributed by atoms with Crippen LogP contribution in [0.4, 0.5) is 10.5 Å². The number of carbonyl (C=O) groups excluding carboxylic acids is 1. The van der Waals surface area contributed by atoms with Crippen LogP contribution in [-0.2, 0) is 6.61 Å². The zero-order valence-electron chi connectivity index (χ0n) is 13.0. The molecule has 6 heteroatoms. The van der Waals surface area contributed by atoms with E-state index in [2.05, 4.69) is 12.0 Å². The number of hydrogen-bond donors (Lipinski definition) is 1. The van der Waals surface area contributed by atoms with Crippen LogP contribution in [0.2, 0.25) is 0 Å². The van der Waals surface area contributed by atoms with Crippen molar-refractivity contribution in [2.45, 2.75) is 6.61 Å². The Morgan fingerprint density at radius 3 is 2.50 bits per heavy atom. The minimum atomic E-state index is -0.334. The van der Waals surface area contributed by atoms with Gasteiger partial charge in [-0.25, -0.2) is 14.7 Å². The van der Waals surface area contributed by atoms with Crippen LogP contribution in [0.1, 0.15) is 5.56 Å². The van der Waals surface area contributed by atoms with E-state index in [9.17, 15) is 4.79 Å². The molecule has 0 aliphatic carbocycles. The Balaban J connectivity index is 1.67. The van der Waals surface area contributed by atoms with Crippen molar-refractivity contribution >= 4 is 11.7 Å². The van der Waals surface area contributed by atoms with Crippen molar-refractivity contribution in [2.75, 3.05) is 11.4 Å². The van der Waals surface area contributed by atoms with Gasteiger partial charge in [0, 0.05) is 0 Å². The number of benzene rings is 2. The number of rotatable bonds is 5. The van der Waals surface area contributed by atoms with Crippen LogP contribution in [0.5, 0.6) is 5.75 Å². The highest BCUT2D eigenvalue weighted by Crippen LogP contribution is 2.26. The summed E-state index contributed by atoms with van der Waals surface area (Å²) in [6.07, 6.45) is 0. The molecule has 120 valence electrons. The first kappa shape index (κ1) is 15.4. The Bertz CT molecular complexity index is 781. The molecule has 2 aromatic carbocycles. The van der Waals surface area contributed by atoms with Crippen molar-refractivity contribution in [3.05, 3.63) is 72.6 Å². The molecule has 3 rings (SSSR count). The molecule has 1 N–H and O–H groups in total. The van der Waals surface area contributed by atoms with Crippen molar-refractivity contribution in [1.29, 1.82) is 5.26 Å². The van der Waals surface area contributed by atoms with Crippen molar-refractivity contribution in [3.63, 3.8) is 0 Å². The molecule has 1 aliphatic heterocycles. The molecule has 1 aliphatic rings. The van der Waals surface area contributed by atoms with E-state index in [1.54, 1.807) is 24.3 Å². The number of hydrogen-bond acceptors (Lipinski definition) is 4. The molecule has 0 aromatic heterocycles. The van der Waals surface area contributed by atoms with E-state index >= 15 is 0 Å². The Kier molecular flexibility index (Phi) is 4.34. The first-order valence-corrected chi connectivity index (χ1v) is 7.40. The number of ether oxygens (including phenoxy) is 1. The summed E-state index contributed by atoms with van der Waals surface area (Å²) < 4.78 is 5.73. The van der Waals surface area contributed by atoms with Gasteiger partial charge in [-0.15, -0.1) is 0 Å². The lowest BCUT2D eigenvalue weighted by Crippen LogP contribution is -2.35. The summed E-state index contributed by atoms with van der Waals surface area (Å²) in [7, 11) is 0. The molecule has 2 amide bonds. The van der Waals surface area contributed by atoms with Gasteiger partial charge in [0.1, 0.15) is 24.7 Å². The largest absolute Gasteiger partial charge is 0.489 e. The Labute approximate surface area is 140 Å². The predicted molar refractivity (Wildman–Crippen MR) is 89.7 cm³/mol. The quantitative estimate of drug-likeness (QED) is 0.860. The number of urea groups is 1. The fraction of sp³-hybridized carbons (Fsp3) is 0.111. The minimum Gasteiger partial charge on any atom is -0.489 e. The summed E-state index contributed by atoms with van der Waals surface area (Å²) in [6.45, 7) is 4.24. The lowest BCUT2D eigenvalue weighted by atomic mass is 10.2. The molecule has 1 saturated heterocycles. The molecule has 0 bridgehead atoms. The molecular formula is C18H16N4O2. The summed E-state index contributed by atoms with van der Waals surface area (Å²) >= 11 is 0. The molecule has 1 heterocycles. The lowest BCUT2D eigenvalue weighted by molar-refractivity contribution is 0.212. The van der Waals surface area contributed by atoms with Crippen LogP contribution in [0.15, 0.2) is 67.0 Å². The number of nitrogens with zero attached hydrogens (tertiary/aromatic N) is 3. The average Bonchev–Trinajstić information content (AvgIpc) is 2.89. The maximum Gasteiger partial charge on any atom is 0.349 e. The van der Waals surface area contributed by atoms with E-state index in [-0.39, 0.29) is 12.6 Å². The molecule has 24 heavy (non-hydrogen) atoms. The maximum absolute atomic E-state index is 12.2. The monoisotopic (exact) mass is 320 g/mol. The molecule has 1 fully saturated rings. The summed E-state index contributed by atoms with van der Waals surface area (Å²) in [5, 5.41) is 9.94. The van der Waals surface area contributed by atoms with Gasteiger partial charge in [-0.3, -0.25) is 5.43 Å². The van der Waals surface area contributed by atoms with Crippen LogP contribution in [0.3, 0.4) is 0 Å². The molecule has 0 saturated carbocycles. The van der Waals surface area contributed by atoms with Gasteiger partial charge in [0.05, 0.1) is 11.8 Å². The second kappa shape index (κ2) is 6.75. The van der Waals surface area contributed by atoms with Crippen molar-refractivity contribution in [2.24, 2.45) is 0 Å². The topological polar surface area (TPSA) is 68.6 Å². The first-order chi connectivity index (χ1) is 11.7. The second-order valence-corrected chi connectivity index (χ2v) is 5.19. The van der Waals surface area contributed by atoms with Gasteiger partial charge in [0.25, 0.3) is 0 Å². The third-order valence-corrected chi connectivity index (χ3v) is 3.53. The van der Waals surface area contributed by atoms with Gasteiger partial charge in [-0.05, 0) is 29.8 Å². The highest BCUT2D eigenvalue weighted by Gasteiger charge is 2.32. The fourth-order valence-electron chi connectivity index (χ4n) is 2.37. The van der Waals surface area contributed by atoms with Crippen LogP contribution < -0.4 is 15.1 Å². The van der Waals surface area contributed by atoms with E-state index in [1.807, 2.05) is 36.4 Å². The Morgan fingerprint density at radius 1 is 1.12 bits per heavy atom. The molecule has 0 radical (unpaired) electrons. The van der Waals surface area contributed by atoms with Crippen molar-refractivity contribution in [3.8, 4) is 11.8 Å². The first-order valence-electron chi connectivity index (χ1n) is 7.40. The average molecular weight is 320 g/mol. The Morgan fingerprint density at radius 2 is 1.83 bits per heavy atom. The van der Waals surface area contributed by atoms with Crippen LogP contribution in [0.25, 0.3) is 0 Å². The summed E-state index contributed by atoms with van der Waals surface area (Å²) in [5.74, 6) is 1.12. The molecule has 0 spiro atoms. The van der Waals surface area contributed by atoms with Gasteiger partial charge in [-0.1, -0.05) is 36.9 Å². The van der Waals surface area contributed by atoms with Crippen LogP contribution >= 0.6 is 0 Å². The van der Waals surface area contributed by atoms with Gasteiger partial charge in [0.15, 0.2) is 0 Å². The van der Waals surface area contributed by atoms with Crippen molar-refractivity contribution in [1.82, 2.24) is 10.4 Å². The summed E-state index contributed by atoms with van der Waals surface area (Å²) in [5.41, 5.74) is 4.52. The lowest BCUT2D eigenvalue weighted by Gasteiger charge is -2.15. The normalized spacial score (nSPS) is 13.6. The molecule has 0 atom stereocenters. The number of nitrogens with one attached hydrogen (secondary N) is 1. The van der Waals surface area contributed by atoms with Gasteiger partial charge >= 0.3 is 6.03 Å². The van der Waals surface area contributed by atoms with Gasteiger partial charge in [-0.2, -0.15) is 5.26 Å². The minimum absolute atomic E-state index is 0.0490. The molecular weight excluding hydrogens is 304 g/mol. The fourth-order valence-corrected chi connectivity index (χ4v) is 2.37. The van der Waals surface area contributed by atoms with Crippen LogP contribution in [0, 0.1) is 11.3 Å². The zero-order chi connectivity index (χ0) is 16.9. The third-order valence-electron chi connectivity index (χ3n) is 3.53. The van der Waals surface area contributed by atoms with Crippen molar-refractivity contribution < 1.29 is 9.53 Å². The van der Waals surface area contributed by atoms with E-state index in [0.717, 1.165) is 5.56 Å². The Hall–Kier alpha value is -3.46. The van der Waals surface area contributed by atoms with E-state index < -0.39 is 0 Å². The smallest absolute Gasteiger partial charge is 0.349 e. The van der Waals surface area contributed by atoms with Gasteiger partial charge in [0.2, 0.25) is 0 Å². The number of anilines is 1. The SMILES string of the molecule is C=C1NN(CC#N)C(=O)N1c1ccc(OCc2ccccc2)cc1. The number of nitriles is 1. The number of amides is 2. The standard InChI is InChI=1S/C18H16N4O2/c1-14-20-21(12-11-19)18(23)22(14)16-7-9-17(10-8-16)24-13-15-5-3-2-4-6-15/h2-10,20H,1,12-13H2. The zero-order valence-corrected chi connectivity index (χ0v) is 13.0.